The minimum Gasteiger partial charge on any atom is -0.348 e. The largest absolute Gasteiger partial charge is 0.433 e. The van der Waals surface area contributed by atoms with E-state index < -0.39 is 17.8 Å². The predicted octanol–water partition coefficient (Wildman–Crippen LogP) is 3.87. The van der Waals surface area contributed by atoms with E-state index in [0.717, 1.165) is 49.1 Å². The molecule has 0 fully saturated rings. The molecular formula is C19H22F3N3O. The van der Waals surface area contributed by atoms with Crippen molar-refractivity contribution in [2.24, 2.45) is 0 Å². The summed E-state index contributed by atoms with van der Waals surface area (Å²) in [6.07, 6.45) is -3.57. The van der Waals surface area contributed by atoms with Gasteiger partial charge in [0.15, 0.2) is 0 Å². The van der Waals surface area contributed by atoms with E-state index in [1.807, 2.05) is 24.3 Å². The van der Waals surface area contributed by atoms with Crippen LogP contribution < -0.4 is 5.32 Å². The quantitative estimate of drug-likeness (QED) is 0.810. The molecule has 1 N–H and O–H groups in total. The van der Waals surface area contributed by atoms with E-state index in [-0.39, 0.29) is 5.56 Å². The molecule has 0 aliphatic heterocycles. The number of pyridine rings is 1. The summed E-state index contributed by atoms with van der Waals surface area (Å²) < 4.78 is 37.6. The summed E-state index contributed by atoms with van der Waals surface area (Å²) in [4.78, 5) is 17.8. The number of amides is 1. The Balaban J connectivity index is 2.03. The number of carbonyl (C=O) groups is 1. The Morgan fingerprint density at radius 1 is 1.08 bits per heavy atom. The van der Waals surface area contributed by atoms with Gasteiger partial charge in [0.05, 0.1) is 5.56 Å². The Labute approximate surface area is 151 Å². The third kappa shape index (κ3) is 5.29. The molecule has 1 heterocycles. The van der Waals surface area contributed by atoms with Crippen molar-refractivity contribution in [2.45, 2.75) is 33.1 Å². The van der Waals surface area contributed by atoms with E-state index in [0.29, 0.717) is 6.54 Å². The van der Waals surface area contributed by atoms with E-state index in [2.05, 4.69) is 29.0 Å². The number of aromatic nitrogens is 1. The van der Waals surface area contributed by atoms with Gasteiger partial charge >= 0.3 is 6.18 Å². The molecule has 0 aliphatic carbocycles. The monoisotopic (exact) mass is 365 g/mol. The molecule has 0 atom stereocenters. The smallest absolute Gasteiger partial charge is 0.348 e. The van der Waals surface area contributed by atoms with Crippen LogP contribution in [0.25, 0.3) is 0 Å². The Hall–Kier alpha value is -2.41. The topological polar surface area (TPSA) is 45.2 Å². The maximum Gasteiger partial charge on any atom is 0.433 e. The van der Waals surface area contributed by atoms with Crippen molar-refractivity contribution in [3.63, 3.8) is 0 Å². The molecule has 4 nitrogen and oxygen atoms in total. The highest BCUT2D eigenvalue weighted by Crippen LogP contribution is 2.27. The molecule has 26 heavy (non-hydrogen) atoms. The number of halogens is 3. The molecule has 2 rings (SSSR count). The van der Waals surface area contributed by atoms with E-state index >= 15 is 0 Å². The number of benzene rings is 1. The molecule has 7 heteroatoms. The summed E-state index contributed by atoms with van der Waals surface area (Å²) in [6.45, 7) is 7.11. The van der Waals surface area contributed by atoms with Crippen molar-refractivity contribution in [1.29, 1.82) is 0 Å². The first kappa shape index (κ1) is 19.9. The fraction of sp³-hybridized carbons (Fsp3) is 0.368. The fourth-order valence-corrected chi connectivity index (χ4v) is 2.55. The first-order chi connectivity index (χ1) is 12.3. The number of carbonyl (C=O) groups excluding carboxylic acids is 1. The average Bonchev–Trinajstić information content (AvgIpc) is 2.64. The minimum absolute atomic E-state index is 0.0965. The Bertz CT molecular complexity index is 726. The average molecular weight is 365 g/mol. The number of nitrogens with zero attached hydrogens (tertiary/aromatic N) is 2. The Morgan fingerprint density at radius 2 is 1.73 bits per heavy atom. The van der Waals surface area contributed by atoms with Gasteiger partial charge in [-0.3, -0.25) is 14.7 Å². The molecule has 2 aromatic rings. The highest BCUT2D eigenvalue weighted by Gasteiger charge is 2.32. The molecule has 0 unspecified atom stereocenters. The van der Waals surface area contributed by atoms with Gasteiger partial charge < -0.3 is 5.32 Å². The van der Waals surface area contributed by atoms with Gasteiger partial charge in [-0.15, -0.1) is 0 Å². The standard InChI is InChI=1S/C19H22F3N3O/c1-3-25(4-2)13-16-8-6-5-7-14(16)11-24-18(26)15-9-10-17(23-12-15)19(20,21)22/h5-10,12H,3-4,11,13H2,1-2H3,(H,24,26). The maximum absolute atomic E-state index is 12.5. The normalized spacial score (nSPS) is 11.6. The molecular weight excluding hydrogens is 343 g/mol. The molecule has 1 aromatic carbocycles. The lowest BCUT2D eigenvalue weighted by atomic mass is 10.1. The van der Waals surface area contributed by atoms with Crippen LogP contribution in [0.2, 0.25) is 0 Å². The Morgan fingerprint density at radius 3 is 2.27 bits per heavy atom. The zero-order valence-corrected chi connectivity index (χ0v) is 14.8. The molecule has 140 valence electrons. The van der Waals surface area contributed by atoms with Crippen LogP contribution in [0.4, 0.5) is 13.2 Å². The highest BCUT2D eigenvalue weighted by molar-refractivity contribution is 5.93. The van der Waals surface area contributed by atoms with Crippen LogP contribution in [0.3, 0.4) is 0 Å². The summed E-state index contributed by atoms with van der Waals surface area (Å²) >= 11 is 0. The SMILES string of the molecule is CCN(CC)Cc1ccccc1CNC(=O)c1ccc(C(F)(F)F)nc1. The summed E-state index contributed by atoms with van der Waals surface area (Å²) in [6, 6.07) is 9.73. The van der Waals surface area contributed by atoms with Gasteiger partial charge in [-0.05, 0) is 36.3 Å². The highest BCUT2D eigenvalue weighted by atomic mass is 19.4. The van der Waals surface area contributed by atoms with Crippen LogP contribution in [-0.2, 0) is 19.3 Å². The minimum atomic E-state index is -4.52. The van der Waals surface area contributed by atoms with Gasteiger partial charge in [-0.1, -0.05) is 38.1 Å². The summed E-state index contributed by atoms with van der Waals surface area (Å²) in [5.74, 6) is -0.455. The van der Waals surface area contributed by atoms with Crippen molar-refractivity contribution < 1.29 is 18.0 Å². The van der Waals surface area contributed by atoms with Gasteiger partial charge in [0.25, 0.3) is 5.91 Å². The van der Waals surface area contributed by atoms with E-state index in [1.54, 1.807) is 0 Å². The van der Waals surface area contributed by atoms with Gasteiger partial charge in [-0.2, -0.15) is 13.2 Å². The third-order valence-corrected chi connectivity index (χ3v) is 4.16. The van der Waals surface area contributed by atoms with Crippen LogP contribution in [0.1, 0.15) is 41.0 Å². The van der Waals surface area contributed by atoms with Crippen LogP contribution >= 0.6 is 0 Å². The van der Waals surface area contributed by atoms with Crippen molar-refractivity contribution in [1.82, 2.24) is 15.2 Å². The lowest BCUT2D eigenvalue weighted by molar-refractivity contribution is -0.141. The van der Waals surface area contributed by atoms with Crippen molar-refractivity contribution in [2.75, 3.05) is 13.1 Å². The van der Waals surface area contributed by atoms with E-state index in [1.165, 1.54) is 0 Å². The first-order valence-electron chi connectivity index (χ1n) is 8.45. The van der Waals surface area contributed by atoms with Gasteiger partial charge in [0.1, 0.15) is 5.69 Å². The molecule has 0 radical (unpaired) electrons. The van der Waals surface area contributed by atoms with Crippen LogP contribution in [-0.4, -0.2) is 28.9 Å². The predicted molar refractivity (Wildman–Crippen MR) is 93.5 cm³/mol. The fourth-order valence-electron chi connectivity index (χ4n) is 2.55. The summed E-state index contributed by atoms with van der Waals surface area (Å²) in [7, 11) is 0. The van der Waals surface area contributed by atoms with Crippen LogP contribution in [0.5, 0.6) is 0 Å². The zero-order valence-electron chi connectivity index (χ0n) is 14.8. The number of nitrogens with one attached hydrogen (secondary N) is 1. The maximum atomic E-state index is 12.5. The number of alkyl halides is 3. The molecule has 1 aromatic heterocycles. The lowest BCUT2D eigenvalue weighted by Gasteiger charge is -2.20. The summed E-state index contributed by atoms with van der Waals surface area (Å²) in [5, 5.41) is 2.74. The number of rotatable bonds is 7. The molecule has 0 saturated carbocycles. The van der Waals surface area contributed by atoms with Crippen molar-refractivity contribution >= 4 is 5.91 Å². The number of hydrogen-bond donors (Lipinski definition) is 1. The molecule has 0 bridgehead atoms. The number of hydrogen-bond acceptors (Lipinski definition) is 3. The van der Waals surface area contributed by atoms with Gasteiger partial charge in [-0.25, -0.2) is 0 Å². The van der Waals surface area contributed by atoms with Gasteiger partial charge in [0, 0.05) is 19.3 Å². The Kier molecular flexibility index (Phi) is 6.74. The third-order valence-electron chi connectivity index (χ3n) is 4.16. The van der Waals surface area contributed by atoms with Crippen molar-refractivity contribution in [3.05, 3.63) is 65.0 Å². The van der Waals surface area contributed by atoms with E-state index in [4.69, 9.17) is 0 Å². The van der Waals surface area contributed by atoms with Crippen LogP contribution in [0, 0.1) is 0 Å². The zero-order chi connectivity index (χ0) is 19.2. The second kappa shape index (κ2) is 8.80. The second-order valence-electron chi connectivity index (χ2n) is 5.84. The molecule has 1 amide bonds. The first-order valence-corrected chi connectivity index (χ1v) is 8.45. The lowest BCUT2D eigenvalue weighted by Crippen LogP contribution is -2.26. The summed E-state index contributed by atoms with van der Waals surface area (Å²) in [5.41, 5.74) is 1.17. The van der Waals surface area contributed by atoms with Crippen LogP contribution in [0.15, 0.2) is 42.6 Å². The molecule has 0 saturated heterocycles. The second-order valence-corrected chi connectivity index (χ2v) is 5.84. The van der Waals surface area contributed by atoms with Gasteiger partial charge in [0.2, 0.25) is 0 Å². The van der Waals surface area contributed by atoms with Crippen molar-refractivity contribution in [3.8, 4) is 0 Å². The molecule has 0 aliphatic rings. The molecule has 0 spiro atoms. The van der Waals surface area contributed by atoms with E-state index in [9.17, 15) is 18.0 Å².